The van der Waals surface area contributed by atoms with E-state index in [1.165, 1.54) is 88.4 Å². The van der Waals surface area contributed by atoms with Crippen LogP contribution in [-0.2, 0) is 62.3 Å². The maximum atomic E-state index is 15.7. The quantitative estimate of drug-likeness (QED) is 0.228. The molecule has 0 radical (unpaired) electrons. The van der Waals surface area contributed by atoms with Gasteiger partial charge in [0.1, 0.15) is 59.9 Å². The van der Waals surface area contributed by atoms with Gasteiger partial charge in [-0.05, 0) is 133 Å². The molecule has 101 heavy (non-hydrogen) atoms. The van der Waals surface area contributed by atoms with E-state index in [-0.39, 0.29) is 120 Å². The largest absolute Gasteiger partial charge is 0.393 e. The van der Waals surface area contributed by atoms with Crippen molar-refractivity contribution in [3.8, 4) is 0 Å². The second-order valence-electron chi connectivity index (χ2n) is 31.2. The summed E-state index contributed by atoms with van der Waals surface area (Å²) in [7, 11) is 8.69. The zero-order valence-corrected chi connectivity index (χ0v) is 62.6. The van der Waals surface area contributed by atoms with Crippen LogP contribution in [0.3, 0.4) is 0 Å². The molecular formula is C72H114ClF3N12O13. The maximum absolute atomic E-state index is 15.7. The van der Waals surface area contributed by atoms with E-state index in [2.05, 4.69) is 16.0 Å². The van der Waals surface area contributed by atoms with E-state index in [9.17, 15) is 37.1 Å². The van der Waals surface area contributed by atoms with Gasteiger partial charge in [-0.15, -0.1) is 11.6 Å². The average molecular weight is 1450 g/mol. The van der Waals surface area contributed by atoms with Crippen molar-refractivity contribution in [2.45, 2.75) is 273 Å². The number of ether oxygens (including phenoxy) is 1. The van der Waals surface area contributed by atoms with Crippen LogP contribution in [0, 0.1) is 35.5 Å². The minimum atomic E-state index is -4.51. The summed E-state index contributed by atoms with van der Waals surface area (Å²) in [5.74, 6) is -11.1. The number of nitrogens with zero attached hydrogens (tertiary/aromatic N) is 9. The summed E-state index contributed by atoms with van der Waals surface area (Å²) < 4.78 is 47.9. The molecule has 5 heterocycles. The topological polar surface area (TPSA) is 279 Å². The number of nitrogens with one attached hydrogen (secondary N) is 3. The van der Waals surface area contributed by atoms with Gasteiger partial charge in [0, 0.05) is 60.8 Å². The Bertz CT molecular complexity index is 3030. The molecule has 29 heteroatoms. The molecule has 16 atom stereocenters. The van der Waals surface area contributed by atoms with Crippen LogP contribution in [-0.4, -0.2) is 274 Å². The Hall–Kier alpha value is -6.32. The third-order valence-electron chi connectivity index (χ3n) is 24.1. The molecule has 3 N–H and O–H groups in total. The van der Waals surface area contributed by atoms with Crippen LogP contribution < -0.4 is 16.0 Å². The highest BCUT2D eigenvalue weighted by Gasteiger charge is 2.54. The first-order valence-corrected chi connectivity index (χ1v) is 37.7. The molecule has 8 fully saturated rings. The molecule has 5 saturated heterocycles. The Morgan fingerprint density at radius 2 is 1.26 bits per heavy atom. The van der Waals surface area contributed by atoms with Crippen LogP contribution in [0.25, 0.3) is 0 Å². The van der Waals surface area contributed by atoms with Gasteiger partial charge in [-0.3, -0.25) is 57.5 Å². The monoisotopic (exact) mass is 1450 g/mol. The predicted molar refractivity (Wildman–Crippen MR) is 369 cm³/mol. The first-order chi connectivity index (χ1) is 47.6. The molecule has 5 aliphatic heterocycles. The molecule has 0 aromatic rings. The zero-order chi connectivity index (χ0) is 74.4. The third-order valence-corrected chi connectivity index (χ3v) is 24.6. The van der Waals surface area contributed by atoms with Crippen LogP contribution >= 0.6 is 11.6 Å². The van der Waals surface area contributed by atoms with Gasteiger partial charge in [0.15, 0.2) is 0 Å². The minimum absolute atomic E-state index is 0.00186. The predicted octanol–water partition coefficient (Wildman–Crippen LogP) is 5.08. The lowest BCUT2D eigenvalue weighted by molar-refractivity contribution is -0.182. The third kappa shape index (κ3) is 17.7. The first-order valence-electron chi connectivity index (χ1n) is 37.3. The lowest BCUT2D eigenvalue weighted by atomic mass is 9.78. The normalized spacial score (nSPS) is 32.9. The van der Waals surface area contributed by atoms with E-state index < -0.39 is 173 Å². The Kier molecular flexibility index (Phi) is 27.1. The van der Waals surface area contributed by atoms with Crippen molar-refractivity contribution < 1.29 is 75.4 Å². The number of hydrogen-bond acceptors (Lipinski definition) is 13. The van der Waals surface area contributed by atoms with Gasteiger partial charge in [0.05, 0.1) is 44.2 Å². The highest BCUT2D eigenvalue weighted by atomic mass is 35.5. The van der Waals surface area contributed by atoms with Crippen LogP contribution in [0.5, 0.6) is 0 Å². The molecule has 0 aromatic heterocycles. The molecule has 25 nitrogen and oxygen atoms in total. The van der Waals surface area contributed by atoms with Crippen molar-refractivity contribution in [1.82, 2.24) is 60.0 Å². The second kappa shape index (κ2) is 34.1. The van der Waals surface area contributed by atoms with E-state index in [4.69, 9.17) is 16.3 Å². The summed E-state index contributed by atoms with van der Waals surface area (Å²) in [6.07, 6.45) is 1.89. The van der Waals surface area contributed by atoms with Gasteiger partial charge in [-0.1, -0.05) is 80.1 Å². The Morgan fingerprint density at radius 3 is 1.83 bits per heavy atom. The second-order valence-corrected chi connectivity index (χ2v) is 31.8. The lowest BCUT2D eigenvalue weighted by Gasteiger charge is -2.45. The van der Waals surface area contributed by atoms with Crippen molar-refractivity contribution in [3.05, 3.63) is 0 Å². The molecule has 3 saturated carbocycles. The van der Waals surface area contributed by atoms with Crippen molar-refractivity contribution in [3.63, 3.8) is 0 Å². The number of morpholine rings is 1. The molecule has 8 rings (SSSR count). The summed E-state index contributed by atoms with van der Waals surface area (Å²) in [5, 5.41) is 7.63. The van der Waals surface area contributed by atoms with Crippen LogP contribution in [0.15, 0.2) is 0 Å². The van der Waals surface area contributed by atoms with Crippen molar-refractivity contribution in [2.24, 2.45) is 35.5 Å². The van der Waals surface area contributed by atoms with Crippen molar-refractivity contribution in [1.29, 1.82) is 0 Å². The Balaban J connectivity index is 1.17. The van der Waals surface area contributed by atoms with Gasteiger partial charge < -0.3 is 64.8 Å². The molecule has 1 spiro atoms. The minimum Gasteiger partial charge on any atom is -0.377 e. The smallest absolute Gasteiger partial charge is 0.377 e. The van der Waals surface area contributed by atoms with Gasteiger partial charge in [0.2, 0.25) is 70.9 Å². The number of rotatable bonds is 11. The standard InChI is InChI=1S/C72H114ClF3N12O13/c1-14-42(5)58-67(97)81(9)44(7)63(93)87-34-30-53(87)65(95)84(12)60(46-21-16-17-22-46)68(98)80(8)38-56(89)77-51(29-25-45-24-28-49(50(73)36-45)72(74,75)76)64(94)86-33-20-23-52(86)62(92)79-71(31-18-19-32-71)70(100)85(13)59(43(6)15-2)69(99)83(11)55(66(96)88-47-26-27-48(88)40-101-39-47)37-57(90)82(10)54(35-41(3)4)61(91)78-58/h41-55,58-60H,14-40H2,1-13H3,(H,77,89)(H,78,91)(H,79,92)/t42-,43-,44-,45?,47?,48?,49?,50?,51-,52-,53-,54-,55-,58-,59-,60-/m0/s1. The summed E-state index contributed by atoms with van der Waals surface area (Å²) >= 11 is 6.41. The molecule has 2 bridgehead atoms. The summed E-state index contributed by atoms with van der Waals surface area (Å²) in [6, 6.07) is -11.6. The molecular weight excluding hydrogens is 1330 g/mol. The number of alkyl halides is 4. The number of halogens is 4. The Labute approximate surface area is 599 Å². The fourth-order valence-electron chi connectivity index (χ4n) is 17.2. The first kappa shape index (κ1) is 80.4. The molecule has 0 aromatic carbocycles. The lowest BCUT2D eigenvalue weighted by Crippen LogP contribution is -2.65. The van der Waals surface area contributed by atoms with E-state index in [0.29, 0.717) is 57.8 Å². The van der Waals surface area contributed by atoms with E-state index in [1.807, 2.05) is 27.7 Å². The van der Waals surface area contributed by atoms with Crippen LogP contribution in [0.4, 0.5) is 13.2 Å². The molecule has 5 unspecified atom stereocenters. The number of likely N-dealkylation sites (N-methyl/N-ethyl adjacent to an activating group) is 6. The van der Waals surface area contributed by atoms with Gasteiger partial charge in [-0.2, -0.15) is 13.2 Å². The van der Waals surface area contributed by atoms with Gasteiger partial charge in [0.25, 0.3) is 0 Å². The highest BCUT2D eigenvalue weighted by Crippen LogP contribution is 2.44. The Morgan fingerprint density at radius 1 is 0.634 bits per heavy atom. The number of hydrogen-bond donors (Lipinski definition) is 3. The van der Waals surface area contributed by atoms with Crippen molar-refractivity contribution >= 4 is 82.5 Å². The molecule has 3 aliphatic carbocycles. The summed E-state index contributed by atoms with van der Waals surface area (Å²) in [5.41, 5.74) is -1.58. The van der Waals surface area contributed by atoms with Gasteiger partial charge in [-0.25, -0.2) is 0 Å². The summed E-state index contributed by atoms with van der Waals surface area (Å²) in [4.78, 5) is 193. The fraction of sp³-hybridized carbons (Fsp3) is 0.833. The number of carbonyl (C=O) groups is 12. The molecule has 8 aliphatic rings. The molecule has 568 valence electrons. The molecule has 12 amide bonds. The van der Waals surface area contributed by atoms with Crippen LogP contribution in [0.2, 0.25) is 0 Å². The summed E-state index contributed by atoms with van der Waals surface area (Å²) in [6.45, 7) is 12.6. The van der Waals surface area contributed by atoms with E-state index in [1.54, 1.807) is 18.7 Å². The zero-order valence-electron chi connectivity index (χ0n) is 61.8. The fourth-order valence-corrected chi connectivity index (χ4v) is 17.7. The number of carbonyl (C=O) groups excluding carboxylic acids is 12. The SMILES string of the molecule is CC[C@H](C)[C@@H]1NC(=O)[C@H](CC(C)C)N(C)C(=O)C[C@@H](C(=O)N2C3CCC2COC3)N(C)C(=O)[C@H]([C@@H](C)CC)N(C)C(=O)C2(CCCC2)NC(=O)[C@@H]2CCCN2C(=O)[C@H](CCC2CCC(C(F)(F)F)C(Cl)C2)NC(=O)CN(C)C(=O)[C@H](C2CCCC2)N(C)C(=O)[C@@H]2CCN2C(=O)[C@H](C)N(C)C1=O. The highest BCUT2D eigenvalue weighted by molar-refractivity contribution is 6.21. The average Bonchev–Trinajstić information content (AvgIpc) is 1.77. The van der Waals surface area contributed by atoms with Crippen LogP contribution in [0.1, 0.15) is 190 Å². The maximum Gasteiger partial charge on any atom is 0.393 e. The van der Waals surface area contributed by atoms with E-state index in [0.717, 1.165) is 12.8 Å². The number of amides is 12. The number of fused-ring (bicyclic) bond motifs is 4. The van der Waals surface area contributed by atoms with E-state index >= 15 is 33.6 Å². The van der Waals surface area contributed by atoms with Crippen molar-refractivity contribution in [2.75, 3.05) is 75.1 Å². The van der Waals surface area contributed by atoms with Gasteiger partial charge >= 0.3 is 6.18 Å².